The summed E-state index contributed by atoms with van der Waals surface area (Å²) in [6.07, 6.45) is 1.38. The third-order valence-electron chi connectivity index (χ3n) is 4.21. The zero-order valence-corrected chi connectivity index (χ0v) is 16.5. The smallest absolute Gasteiger partial charge is 0.267 e. The lowest BCUT2D eigenvalue weighted by Gasteiger charge is -2.09. The molecule has 0 spiro atoms. The molecule has 0 aliphatic rings. The number of rotatable bonds is 6. The highest BCUT2D eigenvalue weighted by molar-refractivity contribution is 6.31. The Bertz CT molecular complexity index is 1070. The third kappa shape index (κ3) is 5.38. The van der Waals surface area contributed by atoms with E-state index < -0.39 is 5.91 Å². The molecule has 0 aromatic heterocycles. The molecule has 6 heteroatoms. The highest BCUT2D eigenvalue weighted by Crippen LogP contribution is 2.23. The second-order valence-corrected chi connectivity index (χ2v) is 6.66. The SMILES string of the molecule is Cc1c(Cl)cccc1NC(=O)/C(C#N)=C\Nc1ccc(Nc2ccccc2)cc1. The maximum Gasteiger partial charge on any atom is 0.267 e. The van der Waals surface area contributed by atoms with Gasteiger partial charge in [0.2, 0.25) is 0 Å². The van der Waals surface area contributed by atoms with E-state index in [1.165, 1.54) is 6.20 Å². The van der Waals surface area contributed by atoms with Crippen molar-refractivity contribution in [2.24, 2.45) is 0 Å². The Morgan fingerprint density at radius 2 is 1.59 bits per heavy atom. The van der Waals surface area contributed by atoms with E-state index in [0.717, 1.165) is 22.6 Å². The van der Waals surface area contributed by atoms with Gasteiger partial charge in [0.15, 0.2) is 0 Å². The summed E-state index contributed by atoms with van der Waals surface area (Å²) in [6, 6.07) is 24.5. The molecule has 0 unspecified atom stereocenters. The van der Waals surface area contributed by atoms with Crippen LogP contribution >= 0.6 is 11.6 Å². The van der Waals surface area contributed by atoms with E-state index in [4.69, 9.17) is 11.6 Å². The number of nitrogens with zero attached hydrogens (tertiary/aromatic N) is 1. The highest BCUT2D eigenvalue weighted by atomic mass is 35.5. The summed E-state index contributed by atoms with van der Waals surface area (Å²) < 4.78 is 0. The van der Waals surface area contributed by atoms with Crippen molar-refractivity contribution < 1.29 is 4.79 Å². The first kappa shape index (κ1) is 20.0. The summed E-state index contributed by atoms with van der Waals surface area (Å²) in [5, 5.41) is 18.9. The van der Waals surface area contributed by atoms with E-state index in [-0.39, 0.29) is 5.57 Å². The number of hydrogen-bond acceptors (Lipinski definition) is 4. The van der Waals surface area contributed by atoms with Gasteiger partial charge in [0, 0.05) is 34.0 Å². The number of benzene rings is 3. The molecule has 3 N–H and O–H groups in total. The lowest BCUT2D eigenvalue weighted by atomic mass is 10.2. The Balaban J connectivity index is 1.64. The van der Waals surface area contributed by atoms with Crippen LogP contribution < -0.4 is 16.0 Å². The first-order valence-electron chi connectivity index (χ1n) is 8.92. The molecule has 0 saturated heterocycles. The molecule has 29 heavy (non-hydrogen) atoms. The maximum absolute atomic E-state index is 12.4. The van der Waals surface area contributed by atoms with Gasteiger partial charge in [0.05, 0.1) is 0 Å². The molecule has 0 saturated carbocycles. The number of amides is 1. The molecule has 3 rings (SSSR count). The van der Waals surface area contributed by atoms with Crippen LogP contribution in [0.2, 0.25) is 5.02 Å². The lowest BCUT2D eigenvalue weighted by Crippen LogP contribution is -2.15. The minimum absolute atomic E-state index is 0.0455. The van der Waals surface area contributed by atoms with Crippen LogP contribution in [0.1, 0.15) is 5.56 Å². The number of nitriles is 1. The number of para-hydroxylation sites is 1. The minimum Gasteiger partial charge on any atom is -0.360 e. The predicted molar refractivity (Wildman–Crippen MR) is 118 cm³/mol. The largest absolute Gasteiger partial charge is 0.360 e. The van der Waals surface area contributed by atoms with E-state index in [9.17, 15) is 10.1 Å². The second kappa shape index (κ2) is 9.45. The zero-order valence-electron chi connectivity index (χ0n) is 15.7. The van der Waals surface area contributed by atoms with Gasteiger partial charge in [-0.25, -0.2) is 0 Å². The van der Waals surface area contributed by atoms with E-state index >= 15 is 0 Å². The van der Waals surface area contributed by atoms with Gasteiger partial charge in [0.1, 0.15) is 11.6 Å². The van der Waals surface area contributed by atoms with E-state index in [0.29, 0.717) is 10.7 Å². The molecule has 5 nitrogen and oxygen atoms in total. The number of nitrogens with one attached hydrogen (secondary N) is 3. The number of halogens is 1. The molecule has 0 bridgehead atoms. The van der Waals surface area contributed by atoms with Gasteiger partial charge in [-0.2, -0.15) is 5.26 Å². The van der Waals surface area contributed by atoms with Crippen molar-refractivity contribution >= 4 is 40.3 Å². The van der Waals surface area contributed by atoms with Crippen molar-refractivity contribution in [2.45, 2.75) is 6.92 Å². The average molecular weight is 403 g/mol. The second-order valence-electron chi connectivity index (χ2n) is 6.25. The lowest BCUT2D eigenvalue weighted by molar-refractivity contribution is -0.112. The van der Waals surface area contributed by atoms with Gasteiger partial charge >= 0.3 is 0 Å². The minimum atomic E-state index is -0.507. The molecule has 0 radical (unpaired) electrons. The van der Waals surface area contributed by atoms with Crippen LogP contribution in [0.3, 0.4) is 0 Å². The number of anilines is 4. The molecule has 0 heterocycles. The molecule has 3 aromatic carbocycles. The Morgan fingerprint density at radius 3 is 2.28 bits per heavy atom. The maximum atomic E-state index is 12.4. The van der Waals surface area contributed by atoms with Crippen molar-refractivity contribution in [3.05, 3.63) is 95.2 Å². The van der Waals surface area contributed by atoms with Crippen LogP contribution in [0.5, 0.6) is 0 Å². The first-order valence-corrected chi connectivity index (χ1v) is 9.30. The molecular formula is C23H19ClN4O. The van der Waals surface area contributed by atoms with Gasteiger partial charge in [0.25, 0.3) is 5.91 Å². The van der Waals surface area contributed by atoms with Crippen molar-refractivity contribution in [2.75, 3.05) is 16.0 Å². The van der Waals surface area contributed by atoms with Gasteiger partial charge in [-0.15, -0.1) is 0 Å². The molecule has 0 fully saturated rings. The normalized spacial score (nSPS) is 10.7. The van der Waals surface area contributed by atoms with Crippen LogP contribution in [-0.4, -0.2) is 5.91 Å². The van der Waals surface area contributed by atoms with Crippen LogP contribution in [0.25, 0.3) is 0 Å². The Hall–Kier alpha value is -3.75. The predicted octanol–water partition coefficient (Wildman–Crippen LogP) is 5.85. The molecule has 0 aliphatic carbocycles. The van der Waals surface area contributed by atoms with Crippen molar-refractivity contribution in [3.8, 4) is 6.07 Å². The number of carbonyl (C=O) groups is 1. The monoisotopic (exact) mass is 402 g/mol. The standard InChI is InChI=1S/C23H19ClN4O/c1-16-21(24)8-5-9-22(16)28-23(29)17(14-25)15-26-18-10-12-20(13-11-18)27-19-6-3-2-4-7-19/h2-13,15,26-27H,1H3,(H,28,29)/b17-15-. The Morgan fingerprint density at radius 1 is 0.931 bits per heavy atom. The quantitative estimate of drug-likeness (QED) is 0.357. The number of hydrogen-bond donors (Lipinski definition) is 3. The summed E-state index contributed by atoms with van der Waals surface area (Å²) >= 11 is 6.07. The van der Waals surface area contributed by atoms with Crippen molar-refractivity contribution in [1.82, 2.24) is 0 Å². The molecule has 3 aromatic rings. The van der Waals surface area contributed by atoms with Crippen LogP contribution in [0.4, 0.5) is 22.7 Å². The van der Waals surface area contributed by atoms with E-state index in [2.05, 4.69) is 16.0 Å². The van der Waals surface area contributed by atoms with Crippen LogP contribution in [0, 0.1) is 18.3 Å². The van der Waals surface area contributed by atoms with Gasteiger partial charge in [-0.05, 0) is 61.0 Å². The fourth-order valence-corrected chi connectivity index (χ4v) is 2.75. The fourth-order valence-electron chi connectivity index (χ4n) is 2.57. The molecule has 144 valence electrons. The van der Waals surface area contributed by atoms with Gasteiger partial charge in [-0.3, -0.25) is 4.79 Å². The third-order valence-corrected chi connectivity index (χ3v) is 4.62. The highest BCUT2D eigenvalue weighted by Gasteiger charge is 2.11. The van der Waals surface area contributed by atoms with Crippen LogP contribution in [-0.2, 0) is 4.79 Å². The molecule has 0 atom stereocenters. The first-order chi connectivity index (χ1) is 14.1. The van der Waals surface area contributed by atoms with Crippen molar-refractivity contribution in [3.63, 3.8) is 0 Å². The van der Waals surface area contributed by atoms with Crippen LogP contribution in [0.15, 0.2) is 84.6 Å². The summed E-state index contributed by atoms with van der Waals surface area (Å²) in [6.45, 7) is 1.80. The fraction of sp³-hybridized carbons (Fsp3) is 0.0435. The van der Waals surface area contributed by atoms with Gasteiger partial charge < -0.3 is 16.0 Å². The van der Waals surface area contributed by atoms with Gasteiger partial charge in [-0.1, -0.05) is 35.9 Å². The summed E-state index contributed by atoms with van der Waals surface area (Å²) in [5.41, 5.74) is 3.95. The summed E-state index contributed by atoms with van der Waals surface area (Å²) in [5.74, 6) is -0.507. The van der Waals surface area contributed by atoms with Crippen molar-refractivity contribution in [1.29, 1.82) is 5.26 Å². The molecule has 1 amide bonds. The Kier molecular flexibility index (Phi) is 6.51. The molecular weight excluding hydrogens is 384 g/mol. The molecule has 0 aliphatic heterocycles. The average Bonchev–Trinajstić information content (AvgIpc) is 2.74. The summed E-state index contributed by atoms with van der Waals surface area (Å²) in [7, 11) is 0. The Labute approximate surface area is 174 Å². The van der Waals surface area contributed by atoms with E-state index in [1.807, 2.05) is 60.7 Å². The number of carbonyl (C=O) groups excluding carboxylic acids is 1. The van der Waals surface area contributed by atoms with E-state index in [1.54, 1.807) is 25.1 Å². The topological polar surface area (TPSA) is 77.0 Å². The zero-order chi connectivity index (χ0) is 20.6. The summed E-state index contributed by atoms with van der Waals surface area (Å²) in [4.78, 5) is 12.4.